The van der Waals surface area contributed by atoms with E-state index in [0.717, 1.165) is 41.4 Å². The molecule has 0 saturated heterocycles. The van der Waals surface area contributed by atoms with E-state index in [2.05, 4.69) is 85.6 Å². The van der Waals surface area contributed by atoms with Crippen LogP contribution in [0.1, 0.15) is 43.9 Å². The average molecular weight is 450 g/mol. The second-order valence-electron chi connectivity index (χ2n) is 10.3. The molecule has 1 aliphatic carbocycles. The summed E-state index contributed by atoms with van der Waals surface area (Å²) in [5.41, 5.74) is 5.47. The van der Waals surface area contributed by atoms with Gasteiger partial charge in [-0.3, -0.25) is 0 Å². The zero-order valence-electron chi connectivity index (χ0n) is 20.1. The molecule has 0 bridgehead atoms. The largest absolute Gasteiger partial charge is 0.505 e. The van der Waals surface area contributed by atoms with E-state index in [-0.39, 0.29) is 16.6 Å². The van der Waals surface area contributed by atoms with Gasteiger partial charge < -0.3 is 5.11 Å². The van der Waals surface area contributed by atoms with E-state index in [9.17, 15) is 5.11 Å². The lowest BCUT2D eigenvalue weighted by molar-refractivity contribution is 0.145. The Labute approximate surface area is 201 Å². The highest BCUT2D eigenvalue weighted by Crippen LogP contribution is 2.49. The van der Waals surface area contributed by atoms with Gasteiger partial charge in [-0.1, -0.05) is 93.6 Å². The van der Waals surface area contributed by atoms with Gasteiger partial charge in [0.2, 0.25) is 0 Å². The van der Waals surface area contributed by atoms with Gasteiger partial charge in [-0.05, 0) is 59.6 Å². The van der Waals surface area contributed by atoms with Crippen molar-refractivity contribution in [2.45, 2.75) is 40.0 Å². The van der Waals surface area contributed by atoms with Gasteiger partial charge in [0.15, 0.2) is 0 Å². The summed E-state index contributed by atoms with van der Waals surface area (Å²) in [6.07, 6.45) is 11.3. The molecular weight excluding hydrogens is 418 g/mol. The Balaban J connectivity index is 1.64. The van der Waals surface area contributed by atoms with E-state index >= 15 is 0 Å². The van der Waals surface area contributed by atoms with Crippen LogP contribution in [0.2, 0.25) is 0 Å². The van der Waals surface area contributed by atoms with Crippen molar-refractivity contribution in [1.82, 2.24) is 15.0 Å². The molecule has 4 nitrogen and oxygen atoms in total. The number of benzene rings is 3. The van der Waals surface area contributed by atoms with Crippen LogP contribution >= 0.6 is 0 Å². The van der Waals surface area contributed by atoms with Gasteiger partial charge in [0.1, 0.15) is 22.5 Å². The number of phenols is 1. The molecule has 0 fully saturated rings. The number of hydrogen-bond acceptors (Lipinski definition) is 3. The standard InChI is InChI=1S/C30H31N3O/c1-29(2,3)30(16-10-5-11-17-30)21-24-19-23(18-22-12-6-4-7-13-22)20-27(28(24)34)33-31-25-14-8-9-15-26(25)32-33/h4-16,19-20,34H,17-18,21H2,1-3H3. The fraction of sp³-hybridized carbons (Fsp3) is 0.267. The Kier molecular flexibility index (Phi) is 5.60. The molecule has 3 aromatic carbocycles. The summed E-state index contributed by atoms with van der Waals surface area (Å²) in [5, 5.41) is 20.9. The lowest BCUT2D eigenvalue weighted by atomic mass is 9.60. The number of hydrogen-bond donors (Lipinski definition) is 1. The Morgan fingerprint density at radius 1 is 0.882 bits per heavy atom. The van der Waals surface area contributed by atoms with Crippen molar-refractivity contribution in [3.63, 3.8) is 0 Å². The molecule has 4 heteroatoms. The van der Waals surface area contributed by atoms with E-state index < -0.39 is 0 Å². The number of phenolic OH excluding ortho intramolecular Hbond substituents is 1. The number of fused-ring (bicyclic) bond motifs is 1. The van der Waals surface area contributed by atoms with Crippen LogP contribution in [0.25, 0.3) is 16.7 Å². The van der Waals surface area contributed by atoms with Gasteiger partial charge in [0.25, 0.3) is 0 Å². The molecule has 1 heterocycles. The first-order valence-corrected chi connectivity index (χ1v) is 11.9. The van der Waals surface area contributed by atoms with E-state index in [4.69, 9.17) is 0 Å². The highest BCUT2D eigenvalue weighted by Gasteiger charge is 2.40. The third kappa shape index (κ3) is 4.16. The van der Waals surface area contributed by atoms with Crippen molar-refractivity contribution >= 4 is 11.0 Å². The van der Waals surface area contributed by atoms with Crippen LogP contribution in [0.3, 0.4) is 0 Å². The topological polar surface area (TPSA) is 50.9 Å². The second kappa shape index (κ2) is 8.60. The predicted molar refractivity (Wildman–Crippen MR) is 138 cm³/mol. The van der Waals surface area contributed by atoms with Crippen LogP contribution < -0.4 is 0 Å². The monoisotopic (exact) mass is 449 g/mol. The summed E-state index contributed by atoms with van der Waals surface area (Å²) in [4.78, 5) is 1.58. The molecule has 0 radical (unpaired) electrons. The smallest absolute Gasteiger partial charge is 0.146 e. The number of nitrogens with zero attached hydrogens (tertiary/aromatic N) is 3. The minimum absolute atomic E-state index is 0.0227. The molecule has 1 atom stereocenters. The van der Waals surface area contributed by atoms with E-state index in [1.54, 1.807) is 4.80 Å². The molecule has 34 heavy (non-hydrogen) atoms. The van der Waals surface area contributed by atoms with Crippen LogP contribution in [0.5, 0.6) is 5.75 Å². The third-order valence-electron chi connectivity index (χ3n) is 7.13. The Bertz CT molecular complexity index is 1340. The van der Waals surface area contributed by atoms with Crippen molar-refractivity contribution in [3.8, 4) is 11.4 Å². The first kappa shape index (κ1) is 22.1. The van der Waals surface area contributed by atoms with Gasteiger partial charge in [-0.2, -0.15) is 0 Å². The first-order chi connectivity index (χ1) is 16.3. The van der Waals surface area contributed by atoms with Crippen LogP contribution in [0, 0.1) is 10.8 Å². The van der Waals surface area contributed by atoms with E-state index in [0.29, 0.717) is 5.69 Å². The summed E-state index contributed by atoms with van der Waals surface area (Å²) >= 11 is 0. The minimum Gasteiger partial charge on any atom is -0.505 e. The van der Waals surface area contributed by atoms with Crippen molar-refractivity contribution in [2.75, 3.05) is 0 Å². The number of allylic oxidation sites excluding steroid dienone is 4. The maximum absolute atomic E-state index is 11.5. The normalized spacial score (nSPS) is 18.0. The molecule has 0 aliphatic heterocycles. The average Bonchev–Trinajstić information content (AvgIpc) is 3.26. The highest BCUT2D eigenvalue weighted by atomic mass is 16.3. The molecule has 0 amide bonds. The molecular formula is C30H31N3O. The second-order valence-corrected chi connectivity index (χ2v) is 10.3. The van der Waals surface area contributed by atoms with Gasteiger partial charge in [0.05, 0.1) is 0 Å². The molecule has 5 rings (SSSR count). The quantitative estimate of drug-likeness (QED) is 0.364. The maximum atomic E-state index is 11.5. The van der Waals surface area contributed by atoms with Crippen molar-refractivity contribution in [2.24, 2.45) is 10.8 Å². The lowest BCUT2D eigenvalue weighted by Crippen LogP contribution is -2.36. The van der Waals surface area contributed by atoms with Crippen molar-refractivity contribution in [1.29, 1.82) is 0 Å². The molecule has 1 aromatic heterocycles. The summed E-state index contributed by atoms with van der Waals surface area (Å²) in [6.45, 7) is 6.85. The molecule has 0 spiro atoms. The Hall–Kier alpha value is -3.66. The van der Waals surface area contributed by atoms with Crippen LogP contribution in [0.15, 0.2) is 91.0 Å². The summed E-state index contributed by atoms with van der Waals surface area (Å²) in [5.74, 6) is 0.253. The first-order valence-electron chi connectivity index (χ1n) is 11.9. The fourth-order valence-electron chi connectivity index (χ4n) is 4.89. The summed E-state index contributed by atoms with van der Waals surface area (Å²) in [6, 6.07) is 22.4. The zero-order chi connectivity index (χ0) is 23.8. The summed E-state index contributed by atoms with van der Waals surface area (Å²) in [7, 11) is 0. The van der Waals surface area contributed by atoms with Gasteiger partial charge >= 0.3 is 0 Å². The SMILES string of the molecule is CC(C)(C)C1(Cc2cc(Cc3ccccc3)cc(-n3nc4ccccc4n3)c2O)C=CC=CC1. The van der Waals surface area contributed by atoms with Crippen LogP contribution in [0.4, 0.5) is 0 Å². The molecule has 0 saturated carbocycles. The number of aromatic hydroxyl groups is 1. The van der Waals surface area contributed by atoms with Gasteiger partial charge in [-0.15, -0.1) is 15.0 Å². The Morgan fingerprint density at radius 3 is 2.18 bits per heavy atom. The molecule has 1 unspecified atom stereocenters. The van der Waals surface area contributed by atoms with Crippen LogP contribution in [-0.2, 0) is 12.8 Å². The lowest BCUT2D eigenvalue weighted by Gasteiger charge is -2.44. The van der Waals surface area contributed by atoms with E-state index in [1.165, 1.54) is 5.56 Å². The minimum atomic E-state index is -0.0931. The van der Waals surface area contributed by atoms with Crippen molar-refractivity contribution in [3.05, 3.63) is 108 Å². The van der Waals surface area contributed by atoms with Gasteiger partial charge in [0, 0.05) is 5.41 Å². The molecule has 172 valence electrons. The maximum Gasteiger partial charge on any atom is 0.146 e. The number of aromatic nitrogens is 3. The predicted octanol–water partition coefficient (Wildman–Crippen LogP) is 6.81. The third-order valence-corrected chi connectivity index (χ3v) is 7.13. The van der Waals surface area contributed by atoms with E-state index in [1.807, 2.05) is 36.4 Å². The van der Waals surface area contributed by atoms with Crippen LogP contribution in [-0.4, -0.2) is 20.1 Å². The molecule has 1 aliphatic rings. The molecule has 4 aromatic rings. The molecule has 1 N–H and O–H groups in total. The van der Waals surface area contributed by atoms with Crippen molar-refractivity contribution < 1.29 is 5.11 Å². The highest BCUT2D eigenvalue weighted by molar-refractivity contribution is 5.73. The fourth-order valence-corrected chi connectivity index (χ4v) is 4.89. The van der Waals surface area contributed by atoms with Gasteiger partial charge in [-0.25, -0.2) is 0 Å². The Morgan fingerprint density at radius 2 is 1.56 bits per heavy atom. The number of rotatable bonds is 5. The summed E-state index contributed by atoms with van der Waals surface area (Å²) < 4.78 is 0. The zero-order valence-corrected chi connectivity index (χ0v) is 20.1.